The highest BCUT2D eigenvalue weighted by Crippen LogP contribution is 2.56. The minimum atomic E-state index is -1.62. The molecule has 0 spiro atoms. The minimum Gasteiger partial charge on any atom is -0.497 e. The number of nitriles is 1. The first kappa shape index (κ1) is 21.4. The Kier molecular flexibility index (Phi) is 5.39. The third kappa shape index (κ3) is 2.94. The van der Waals surface area contributed by atoms with Crippen LogP contribution in [-0.4, -0.2) is 45.2 Å². The fraction of sp³-hybridized carbons (Fsp3) is 0.320. The Labute approximate surface area is 186 Å². The Hall–Kier alpha value is -3.79. The van der Waals surface area contributed by atoms with Gasteiger partial charge in [0.15, 0.2) is 11.2 Å². The zero-order valence-electron chi connectivity index (χ0n) is 18.4. The predicted molar refractivity (Wildman–Crippen MR) is 119 cm³/mol. The molecule has 1 fully saturated rings. The van der Waals surface area contributed by atoms with Crippen molar-refractivity contribution in [1.29, 1.82) is 5.26 Å². The van der Waals surface area contributed by atoms with Crippen molar-refractivity contribution < 1.29 is 23.8 Å². The summed E-state index contributed by atoms with van der Waals surface area (Å²) in [6.45, 7) is 1.49. The number of fused-ring (bicyclic) bond motifs is 3. The minimum absolute atomic E-state index is 0.145. The summed E-state index contributed by atoms with van der Waals surface area (Å²) in [5.41, 5.74) is 0.682. The summed E-state index contributed by atoms with van der Waals surface area (Å²) in [6.07, 6.45) is 3.67. The second kappa shape index (κ2) is 8.04. The van der Waals surface area contributed by atoms with Crippen LogP contribution < -0.4 is 14.4 Å². The number of esters is 1. The van der Waals surface area contributed by atoms with Gasteiger partial charge in [0.05, 0.1) is 39.5 Å². The van der Waals surface area contributed by atoms with Crippen LogP contribution in [0, 0.1) is 16.7 Å². The van der Waals surface area contributed by atoms with Crippen LogP contribution >= 0.6 is 0 Å². The number of carbonyl (C=O) groups is 2. The van der Waals surface area contributed by atoms with Gasteiger partial charge in [0.1, 0.15) is 11.5 Å². The zero-order chi connectivity index (χ0) is 23.0. The lowest BCUT2D eigenvalue weighted by Gasteiger charge is -2.36. The van der Waals surface area contributed by atoms with Crippen molar-refractivity contribution in [3.05, 3.63) is 59.7 Å². The molecule has 2 aliphatic heterocycles. The lowest BCUT2D eigenvalue weighted by Crippen LogP contribution is -2.46. The maximum Gasteiger partial charge on any atom is 0.329 e. The average molecular weight is 432 g/mol. The van der Waals surface area contributed by atoms with Gasteiger partial charge in [0, 0.05) is 17.2 Å². The summed E-state index contributed by atoms with van der Waals surface area (Å²) >= 11 is 0. The van der Waals surface area contributed by atoms with E-state index in [1.807, 2.05) is 23.1 Å². The number of Topliss-reactive ketones (excluding diaryl/α,β-unsaturated/α-hetero) is 1. The number of rotatable bonds is 5. The molecule has 164 valence electrons. The number of carbonyl (C=O) groups excluding carboxylic acids is 2. The molecule has 7 nitrogen and oxygen atoms in total. The van der Waals surface area contributed by atoms with Crippen LogP contribution in [0.2, 0.25) is 0 Å². The van der Waals surface area contributed by atoms with E-state index in [9.17, 15) is 14.9 Å². The van der Waals surface area contributed by atoms with Crippen LogP contribution in [0.3, 0.4) is 0 Å². The highest BCUT2D eigenvalue weighted by Gasteiger charge is 2.66. The first-order chi connectivity index (χ1) is 15.4. The molecular weight excluding hydrogens is 408 g/mol. The Morgan fingerprint density at radius 2 is 1.69 bits per heavy atom. The summed E-state index contributed by atoms with van der Waals surface area (Å²) in [6, 6.07) is 13.5. The summed E-state index contributed by atoms with van der Waals surface area (Å²) in [5.74, 6) is -0.236. The Morgan fingerprint density at radius 3 is 2.25 bits per heavy atom. The molecule has 32 heavy (non-hydrogen) atoms. The number of methoxy groups -OCH3 is 3. The van der Waals surface area contributed by atoms with Crippen molar-refractivity contribution in [2.24, 2.45) is 5.41 Å². The van der Waals surface area contributed by atoms with E-state index < -0.39 is 29.4 Å². The Bertz CT molecular complexity index is 1130. The van der Waals surface area contributed by atoms with E-state index in [1.54, 1.807) is 50.6 Å². The highest BCUT2D eigenvalue weighted by atomic mass is 16.5. The molecule has 0 amide bonds. The van der Waals surface area contributed by atoms with Gasteiger partial charge in [0.25, 0.3) is 0 Å². The van der Waals surface area contributed by atoms with Gasteiger partial charge in [-0.15, -0.1) is 0 Å². The fourth-order valence-electron chi connectivity index (χ4n) is 5.04. The largest absolute Gasteiger partial charge is 0.497 e. The molecule has 2 heterocycles. The second-order valence-corrected chi connectivity index (χ2v) is 7.91. The molecule has 2 aliphatic rings. The van der Waals surface area contributed by atoms with Gasteiger partial charge in [0.2, 0.25) is 0 Å². The van der Waals surface area contributed by atoms with E-state index in [4.69, 9.17) is 14.2 Å². The Morgan fingerprint density at radius 1 is 1.03 bits per heavy atom. The molecule has 0 radical (unpaired) electrons. The lowest BCUT2D eigenvalue weighted by atomic mass is 9.68. The molecule has 7 heteroatoms. The molecule has 4 atom stereocenters. The van der Waals surface area contributed by atoms with Crippen LogP contribution in [0.5, 0.6) is 11.5 Å². The van der Waals surface area contributed by atoms with Crippen molar-refractivity contribution in [3.63, 3.8) is 0 Å². The van der Waals surface area contributed by atoms with E-state index in [1.165, 1.54) is 14.0 Å². The van der Waals surface area contributed by atoms with Crippen molar-refractivity contribution in [2.75, 3.05) is 26.2 Å². The number of anilines is 1. The first-order valence-electron chi connectivity index (χ1n) is 10.2. The monoisotopic (exact) mass is 432 g/mol. The molecule has 1 saturated heterocycles. The van der Waals surface area contributed by atoms with E-state index in [2.05, 4.69) is 6.07 Å². The topological polar surface area (TPSA) is 88.9 Å². The molecule has 0 aromatic heterocycles. The van der Waals surface area contributed by atoms with Gasteiger partial charge in [-0.2, -0.15) is 5.26 Å². The molecular formula is C25H24N2O5. The first-order valence-corrected chi connectivity index (χ1v) is 10.2. The number of ketones is 1. The van der Waals surface area contributed by atoms with Gasteiger partial charge in [-0.3, -0.25) is 9.59 Å². The molecule has 0 bridgehead atoms. The Balaban J connectivity index is 1.98. The van der Waals surface area contributed by atoms with Crippen LogP contribution in [0.1, 0.15) is 24.0 Å². The number of ether oxygens (including phenoxy) is 3. The van der Waals surface area contributed by atoms with Gasteiger partial charge in [-0.05, 0) is 42.8 Å². The molecule has 0 N–H and O–H groups in total. The second-order valence-electron chi connectivity index (χ2n) is 7.91. The maximum atomic E-state index is 13.2. The number of nitrogens with zero attached hydrogens (tertiary/aromatic N) is 2. The highest BCUT2D eigenvalue weighted by molar-refractivity contribution is 5.96. The van der Waals surface area contributed by atoms with Gasteiger partial charge < -0.3 is 19.1 Å². The molecule has 2 aromatic carbocycles. The van der Waals surface area contributed by atoms with Crippen molar-refractivity contribution in [1.82, 2.24) is 0 Å². The number of hydrogen-bond donors (Lipinski definition) is 0. The smallest absolute Gasteiger partial charge is 0.329 e. The average Bonchev–Trinajstić information content (AvgIpc) is 3.15. The van der Waals surface area contributed by atoms with Gasteiger partial charge in [-0.1, -0.05) is 24.3 Å². The third-order valence-corrected chi connectivity index (χ3v) is 6.44. The van der Waals surface area contributed by atoms with Crippen molar-refractivity contribution >= 4 is 23.5 Å². The SMILES string of the molecule is COC(=O)[C@@]1(C#N)[C@H](c2ccc(OC)cc2)[C@@H](C(C)=O)N2c3ccc(OC)cc3C=C[C@@H]21. The van der Waals surface area contributed by atoms with Gasteiger partial charge in [-0.25, -0.2) is 0 Å². The normalized spacial score (nSPS) is 25.3. The maximum absolute atomic E-state index is 13.2. The van der Waals surface area contributed by atoms with Crippen LogP contribution in [0.4, 0.5) is 5.69 Å². The lowest BCUT2D eigenvalue weighted by molar-refractivity contribution is -0.150. The van der Waals surface area contributed by atoms with Gasteiger partial charge >= 0.3 is 5.97 Å². The zero-order valence-corrected chi connectivity index (χ0v) is 18.4. The molecule has 4 rings (SSSR count). The third-order valence-electron chi connectivity index (χ3n) is 6.44. The number of hydrogen-bond acceptors (Lipinski definition) is 7. The van der Waals surface area contributed by atoms with Crippen molar-refractivity contribution in [3.8, 4) is 17.6 Å². The predicted octanol–water partition coefficient (Wildman–Crippen LogP) is 3.34. The molecule has 0 aliphatic carbocycles. The van der Waals surface area contributed by atoms with E-state index in [-0.39, 0.29) is 5.78 Å². The van der Waals surface area contributed by atoms with Crippen LogP contribution in [0.25, 0.3) is 6.08 Å². The quantitative estimate of drug-likeness (QED) is 0.670. The van der Waals surface area contributed by atoms with E-state index in [0.29, 0.717) is 17.1 Å². The van der Waals surface area contributed by atoms with E-state index in [0.717, 1.165) is 11.3 Å². The number of benzene rings is 2. The molecule has 0 unspecified atom stereocenters. The van der Waals surface area contributed by atoms with Crippen LogP contribution in [0.15, 0.2) is 48.5 Å². The molecule has 2 aromatic rings. The standard InChI is InChI=1S/C25H24N2O5/c1-15(28)23-22(16-5-8-18(30-2)9-6-16)25(14-26,24(29)32-4)21-12-7-17-13-19(31-3)10-11-20(17)27(21)23/h5-13,21-23H,1-4H3/t21-,22-,23-,25-/m1/s1. The summed E-state index contributed by atoms with van der Waals surface area (Å²) < 4.78 is 15.7. The summed E-state index contributed by atoms with van der Waals surface area (Å²) in [7, 11) is 4.42. The summed E-state index contributed by atoms with van der Waals surface area (Å²) in [5, 5.41) is 10.5. The summed E-state index contributed by atoms with van der Waals surface area (Å²) in [4.78, 5) is 28.2. The molecule has 0 saturated carbocycles. The van der Waals surface area contributed by atoms with Crippen molar-refractivity contribution in [2.45, 2.75) is 24.9 Å². The van der Waals surface area contributed by atoms with Crippen LogP contribution in [-0.2, 0) is 14.3 Å². The van der Waals surface area contributed by atoms with E-state index >= 15 is 0 Å². The fourth-order valence-corrected chi connectivity index (χ4v) is 5.04.